The van der Waals surface area contributed by atoms with Crippen molar-refractivity contribution in [1.29, 1.82) is 0 Å². The number of allylic oxidation sites excluding steroid dienone is 2. The van der Waals surface area contributed by atoms with Gasteiger partial charge in [0.15, 0.2) is 0 Å². The molecule has 2 rings (SSSR count). The van der Waals surface area contributed by atoms with Gasteiger partial charge in [-0.05, 0) is 62.3 Å². The van der Waals surface area contributed by atoms with Crippen molar-refractivity contribution < 1.29 is 28.4 Å². The molecule has 0 radical (unpaired) electrons. The predicted octanol–water partition coefficient (Wildman–Crippen LogP) is 7.83. The lowest BCUT2D eigenvalue weighted by Gasteiger charge is -2.19. The average Bonchev–Trinajstić information content (AvgIpc) is 2.97. The fraction of sp³-hybridized carbons (Fsp3) is 0.576. The number of phosphoric ester groups is 1. The van der Waals surface area contributed by atoms with Crippen molar-refractivity contribution in [3.05, 3.63) is 72.1 Å². The van der Waals surface area contributed by atoms with E-state index in [-0.39, 0.29) is 12.5 Å². The average molecular weight is 603 g/mol. The number of benzene rings is 1. The monoisotopic (exact) mass is 602 g/mol. The number of aromatic nitrogens is 1. The molecule has 1 atom stereocenters. The van der Waals surface area contributed by atoms with E-state index in [0.717, 1.165) is 43.2 Å². The maximum atomic E-state index is 12.6. The van der Waals surface area contributed by atoms with E-state index in [9.17, 15) is 9.36 Å². The van der Waals surface area contributed by atoms with Gasteiger partial charge in [0, 0.05) is 24.4 Å². The van der Waals surface area contributed by atoms with E-state index in [2.05, 4.69) is 29.4 Å². The van der Waals surface area contributed by atoms with Gasteiger partial charge in [0.2, 0.25) is 5.91 Å². The zero-order chi connectivity index (χ0) is 30.3. The van der Waals surface area contributed by atoms with E-state index in [0.29, 0.717) is 25.2 Å². The standard InChI is InChI=1S/C33H51N2O6P/c1-2-3-4-5-6-7-8-9-10-11-12-13-14-15-16-19-33(36)35-31(28-41-42(37,38)39)25-29-20-22-32(23-21-29)40-27-30-18-17-24-34-26-30/h9-10,17-18,20-24,26,31H,2-8,11-16,19,25,27-28H2,1H3,(H,35,36)(H2,37,38,39)/b10-9-. The number of rotatable bonds is 24. The van der Waals surface area contributed by atoms with E-state index >= 15 is 0 Å². The van der Waals surface area contributed by atoms with Crippen LogP contribution >= 0.6 is 7.82 Å². The summed E-state index contributed by atoms with van der Waals surface area (Å²) in [5, 5.41) is 2.89. The second-order valence-electron chi connectivity index (χ2n) is 10.9. The summed E-state index contributed by atoms with van der Waals surface area (Å²) in [7, 11) is -4.65. The summed E-state index contributed by atoms with van der Waals surface area (Å²) in [6.07, 6.45) is 24.4. The van der Waals surface area contributed by atoms with Crippen LogP contribution in [0.2, 0.25) is 0 Å². The molecule has 0 saturated carbocycles. The highest BCUT2D eigenvalue weighted by Crippen LogP contribution is 2.35. The molecule has 0 spiro atoms. The largest absolute Gasteiger partial charge is 0.489 e. The van der Waals surface area contributed by atoms with Gasteiger partial charge in [-0.1, -0.05) is 88.6 Å². The molecule has 1 aromatic heterocycles. The Balaban J connectivity index is 1.63. The molecule has 0 saturated heterocycles. The highest BCUT2D eigenvalue weighted by atomic mass is 31.2. The van der Waals surface area contributed by atoms with Crippen LogP contribution in [0.3, 0.4) is 0 Å². The van der Waals surface area contributed by atoms with Crippen LogP contribution in [0.25, 0.3) is 0 Å². The van der Waals surface area contributed by atoms with Crippen molar-refractivity contribution in [2.24, 2.45) is 0 Å². The Hall–Kier alpha value is -2.51. The fourth-order valence-corrected chi connectivity index (χ4v) is 5.03. The molecule has 2 aromatic rings. The minimum Gasteiger partial charge on any atom is -0.489 e. The van der Waals surface area contributed by atoms with Crippen molar-refractivity contribution in [2.45, 2.75) is 116 Å². The van der Waals surface area contributed by atoms with Gasteiger partial charge in [0.05, 0.1) is 12.6 Å². The number of carbonyl (C=O) groups is 1. The number of amides is 1. The molecule has 9 heteroatoms. The molecule has 0 aliphatic carbocycles. The van der Waals surface area contributed by atoms with Gasteiger partial charge in [-0.15, -0.1) is 0 Å². The zero-order valence-electron chi connectivity index (χ0n) is 25.3. The van der Waals surface area contributed by atoms with Gasteiger partial charge in [-0.25, -0.2) is 4.57 Å². The fourth-order valence-electron chi connectivity index (χ4n) is 4.65. The highest BCUT2D eigenvalue weighted by molar-refractivity contribution is 7.46. The number of carbonyl (C=O) groups excluding carboxylic acids is 1. The van der Waals surface area contributed by atoms with Crippen molar-refractivity contribution in [3.63, 3.8) is 0 Å². The van der Waals surface area contributed by atoms with Gasteiger partial charge in [-0.2, -0.15) is 0 Å². The van der Waals surface area contributed by atoms with Crippen LogP contribution in [-0.4, -0.2) is 33.3 Å². The summed E-state index contributed by atoms with van der Waals surface area (Å²) in [4.78, 5) is 35.0. The lowest BCUT2D eigenvalue weighted by molar-refractivity contribution is -0.122. The van der Waals surface area contributed by atoms with E-state index < -0.39 is 13.9 Å². The molecule has 42 heavy (non-hydrogen) atoms. The normalized spacial score (nSPS) is 12.5. The molecular weight excluding hydrogens is 551 g/mol. The van der Waals surface area contributed by atoms with E-state index in [1.54, 1.807) is 12.4 Å². The van der Waals surface area contributed by atoms with Crippen LogP contribution in [0.15, 0.2) is 60.9 Å². The summed E-state index contributed by atoms with van der Waals surface area (Å²) < 4.78 is 21.8. The second kappa shape index (κ2) is 22.1. The minimum absolute atomic E-state index is 0.136. The van der Waals surface area contributed by atoms with Crippen LogP contribution in [-0.2, 0) is 26.9 Å². The van der Waals surface area contributed by atoms with Crippen LogP contribution in [0.4, 0.5) is 0 Å². The molecule has 0 aliphatic rings. The first kappa shape index (κ1) is 35.7. The first-order valence-corrected chi connectivity index (χ1v) is 17.1. The molecule has 0 fully saturated rings. The minimum atomic E-state index is -4.65. The van der Waals surface area contributed by atoms with Crippen molar-refractivity contribution in [1.82, 2.24) is 10.3 Å². The number of pyridine rings is 1. The molecule has 3 N–H and O–H groups in total. The lowest BCUT2D eigenvalue weighted by atomic mass is 10.1. The van der Waals surface area contributed by atoms with Gasteiger partial charge < -0.3 is 19.8 Å². The molecule has 0 aliphatic heterocycles. The lowest BCUT2D eigenvalue weighted by Crippen LogP contribution is -2.39. The van der Waals surface area contributed by atoms with Gasteiger partial charge in [-0.3, -0.25) is 14.3 Å². The van der Waals surface area contributed by atoms with Gasteiger partial charge in [0.25, 0.3) is 0 Å². The van der Waals surface area contributed by atoms with Crippen LogP contribution in [0.5, 0.6) is 5.75 Å². The Kier molecular flexibility index (Phi) is 18.8. The molecule has 1 unspecified atom stereocenters. The predicted molar refractivity (Wildman–Crippen MR) is 168 cm³/mol. The van der Waals surface area contributed by atoms with E-state index in [4.69, 9.17) is 19.0 Å². The van der Waals surface area contributed by atoms with Gasteiger partial charge >= 0.3 is 7.82 Å². The number of phosphoric acid groups is 1. The maximum absolute atomic E-state index is 12.6. The molecule has 1 heterocycles. The molecule has 8 nitrogen and oxygen atoms in total. The number of ether oxygens (including phenoxy) is 1. The number of hydrogen-bond acceptors (Lipinski definition) is 5. The van der Waals surface area contributed by atoms with Crippen molar-refractivity contribution >= 4 is 13.7 Å². The van der Waals surface area contributed by atoms with Crippen LogP contribution in [0.1, 0.15) is 108 Å². The summed E-state index contributed by atoms with van der Waals surface area (Å²) in [6, 6.07) is 10.6. The SMILES string of the molecule is CCCCCCCC/C=C\CCCCCCCC(=O)NC(COP(=O)(O)O)Cc1ccc(OCc2cccnc2)cc1. The van der Waals surface area contributed by atoms with Crippen LogP contribution < -0.4 is 10.1 Å². The third-order valence-electron chi connectivity index (χ3n) is 7.01. The first-order chi connectivity index (χ1) is 20.4. The summed E-state index contributed by atoms with van der Waals surface area (Å²) in [5.41, 5.74) is 1.86. The molecule has 0 bridgehead atoms. The van der Waals surface area contributed by atoms with Gasteiger partial charge in [0.1, 0.15) is 12.4 Å². The Morgan fingerprint density at radius 1 is 0.905 bits per heavy atom. The molecule has 234 valence electrons. The smallest absolute Gasteiger partial charge is 0.469 e. The van der Waals surface area contributed by atoms with Crippen molar-refractivity contribution in [3.8, 4) is 5.75 Å². The Morgan fingerprint density at radius 2 is 1.55 bits per heavy atom. The Labute approximate surface area is 252 Å². The number of nitrogens with zero attached hydrogens (tertiary/aromatic N) is 1. The summed E-state index contributed by atoms with van der Waals surface area (Å²) >= 11 is 0. The summed E-state index contributed by atoms with van der Waals surface area (Å²) in [5.74, 6) is 0.558. The number of unbranched alkanes of at least 4 members (excludes halogenated alkanes) is 11. The topological polar surface area (TPSA) is 118 Å². The second-order valence-corrected chi connectivity index (χ2v) is 12.1. The zero-order valence-corrected chi connectivity index (χ0v) is 26.2. The Morgan fingerprint density at radius 3 is 2.17 bits per heavy atom. The van der Waals surface area contributed by atoms with E-state index in [1.165, 1.54) is 51.4 Å². The van der Waals surface area contributed by atoms with Crippen molar-refractivity contribution in [2.75, 3.05) is 6.61 Å². The number of hydrogen-bond donors (Lipinski definition) is 3. The third-order valence-corrected chi connectivity index (χ3v) is 7.49. The first-order valence-electron chi connectivity index (χ1n) is 15.6. The Bertz CT molecular complexity index is 1040. The van der Waals surface area contributed by atoms with Crippen LogP contribution in [0, 0.1) is 0 Å². The molecule has 1 amide bonds. The maximum Gasteiger partial charge on any atom is 0.469 e. The third kappa shape index (κ3) is 18.8. The quantitative estimate of drug-likeness (QED) is 0.0636. The molecule has 1 aromatic carbocycles. The molecular formula is C33H51N2O6P. The van der Waals surface area contributed by atoms with E-state index in [1.807, 2.05) is 36.4 Å². The highest BCUT2D eigenvalue weighted by Gasteiger charge is 2.20. The summed E-state index contributed by atoms with van der Waals surface area (Å²) in [6.45, 7) is 2.37. The number of nitrogens with one attached hydrogen (secondary N) is 1.